The summed E-state index contributed by atoms with van der Waals surface area (Å²) in [7, 11) is 0. The summed E-state index contributed by atoms with van der Waals surface area (Å²) >= 11 is 0. The van der Waals surface area contributed by atoms with E-state index in [1.54, 1.807) is 0 Å². The Bertz CT molecular complexity index is 375. The van der Waals surface area contributed by atoms with Gasteiger partial charge in [0.05, 0.1) is 5.60 Å². The van der Waals surface area contributed by atoms with Crippen molar-refractivity contribution < 1.29 is 5.11 Å². The van der Waals surface area contributed by atoms with Gasteiger partial charge in [-0.15, -0.1) is 0 Å². The first-order chi connectivity index (χ1) is 8.39. The lowest BCUT2D eigenvalue weighted by atomic mass is 9.85. The van der Waals surface area contributed by atoms with Gasteiger partial charge >= 0.3 is 0 Å². The zero-order valence-corrected chi connectivity index (χ0v) is 11.6. The molecule has 0 bridgehead atoms. The largest absolute Gasteiger partial charge is 0.385 e. The molecular weight excluding hydrogens is 224 g/mol. The molecule has 0 radical (unpaired) electrons. The van der Waals surface area contributed by atoms with E-state index in [2.05, 4.69) is 31.2 Å². The molecule has 2 rings (SSSR count). The molecule has 1 saturated heterocycles. The van der Waals surface area contributed by atoms with Gasteiger partial charge in [0.1, 0.15) is 0 Å². The molecule has 1 fully saturated rings. The van der Waals surface area contributed by atoms with Gasteiger partial charge in [0.25, 0.3) is 0 Å². The molecule has 1 aliphatic rings. The summed E-state index contributed by atoms with van der Waals surface area (Å²) in [5, 5.41) is 12.9. The van der Waals surface area contributed by atoms with Gasteiger partial charge in [-0.25, -0.2) is 10.4 Å². The summed E-state index contributed by atoms with van der Waals surface area (Å²) in [6.07, 6.45) is 1.56. The van der Waals surface area contributed by atoms with E-state index in [1.165, 1.54) is 0 Å². The van der Waals surface area contributed by atoms with Crippen molar-refractivity contribution in [2.45, 2.75) is 44.8 Å². The third kappa shape index (κ3) is 3.31. The van der Waals surface area contributed by atoms with Gasteiger partial charge in [-0.1, -0.05) is 30.3 Å². The number of aliphatic hydroxyl groups is 1. The minimum Gasteiger partial charge on any atom is -0.385 e. The molecule has 0 aromatic heterocycles. The van der Waals surface area contributed by atoms with Crippen molar-refractivity contribution in [2.24, 2.45) is 0 Å². The van der Waals surface area contributed by atoms with Crippen LogP contribution in [0.2, 0.25) is 0 Å². The summed E-state index contributed by atoms with van der Waals surface area (Å²) in [5.74, 6) is 0. The van der Waals surface area contributed by atoms with Gasteiger partial charge in [-0.05, 0) is 39.2 Å². The van der Waals surface area contributed by atoms with Crippen LogP contribution in [0.4, 0.5) is 0 Å². The number of hydrazine groups is 1. The van der Waals surface area contributed by atoms with Crippen LogP contribution in [-0.2, 0) is 5.60 Å². The van der Waals surface area contributed by atoms with Gasteiger partial charge < -0.3 is 5.11 Å². The normalized spacial score (nSPS) is 20.9. The Morgan fingerprint density at radius 1 is 1.11 bits per heavy atom. The summed E-state index contributed by atoms with van der Waals surface area (Å²) in [5.41, 5.74) is 3.94. The highest BCUT2D eigenvalue weighted by Gasteiger charge is 2.34. The lowest BCUT2D eigenvalue weighted by Crippen LogP contribution is -2.54. The van der Waals surface area contributed by atoms with Crippen LogP contribution >= 0.6 is 0 Å². The number of nitrogens with one attached hydrogen (secondary N) is 1. The maximum absolute atomic E-state index is 10.7. The number of benzene rings is 1. The molecule has 1 heterocycles. The summed E-state index contributed by atoms with van der Waals surface area (Å²) < 4.78 is 0. The second kappa shape index (κ2) is 5.00. The van der Waals surface area contributed by atoms with Crippen molar-refractivity contribution in [2.75, 3.05) is 13.1 Å². The molecule has 0 saturated carbocycles. The highest BCUT2D eigenvalue weighted by molar-refractivity contribution is 5.22. The van der Waals surface area contributed by atoms with Crippen LogP contribution in [0.3, 0.4) is 0 Å². The van der Waals surface area contributed by atoms with Crippen molar-refractivity contribution in [1.29, 1.82) is 0 Å². The predicted molar refractivity (Wildman–Crippen MR) is 74.0 cm³/mol. The topological polar surface area (TPSA) is 35.5 Å². The molecule has 0 spiro atoms. The highest BCUT2D eigenvalue weighted by Crippen LogP contribution is 2.32. The lowest BCUT2D eigenvalue weighted by molar-refractivity contribution is -0.0467. The van der Waals surface area contributed by atoms with E-state index >= 15 is 0 Å². The van der Waals surface area contributed by atoms with Gasteiger partial charge in [0, 0.05) is 18.6 Å². The summed E-state index contributed by atoms with van der Waals surface area (Å²) in [4.78, 5) is 0. The second-order valence-electron chi connectivity index (χ2n) is 6.25. The van der Waals surface area contributed by atoms with Crippen LogP contribution < -0.4 is 5.43 Å². The molecule has 1 aromatic rings. The first-order valence-electron chi connectivity index (χ1n) is 6.70. The maximum Gasteiger partial charge on any atom is 0.0922 e. The van der Waals surface area contributed by atoms with Crippen molar-refractivity contribution in [3.8, 4) is 0 Å². The standard InChI is InChI=1S/C15H24N2O/c1-14(2,3)16-17-11-9-15(18,10-12-17)13-7-5-4-6-8-13/h4-8,16,18H,9-12H2,1-3H3. The number of rotatable bonds is 2. The molecule has 0 aliphatic carbocycles. The Morgan fingerprint density at radius 2 is 1.67 bits per heavy atom. The fourth-order valence-electron chi connectivity index (χ4n) is 2.50. The van der Waals surface area contributed by atoms with Crippen LogP contribution in [0.15, 0.2) is 30.3 Å². The molecule has 0 unspecified atom stereocenters. The number of piperidine rings is 1. The highest BCUT2D eigenvalue weighted by atomic mass is 16.3. The van der Waals surface area contributed by atoms with E-state index in [0.717, 1.165) is 31.5 Å². The van der Waals surface area contributed by atoms with E-state index in [-0.39, 0.29) is 5.54 Å². The van der Waals surface area contributed by atoms with Gasteiger partial charge in [-0.3, -0.25) is 0 Å². The maximum atomic E-state index is 10.7. The number of hydrogen-bond donors (Lipinski definition) is 2. The van der Waals surface area contributed by atoms with Crippen LogP contribution in [-0.4, -0.2) is 28.7 Å². The average Bonchev–Trinajstić information content (AvgIpc) is 2.32. The third-order valence-electron chi connectivity index (χ3n) is 3.40. The van der Waals surface area contributed by atoms with Crippen molar-refractivity contribution in [3.05, 3.63) is 35.9 Å². The molecule has 2 N–H and O–H groups in total. The van der Waals surface area contributed by atoms with Crippen molar-refractivity contribution >= 4 is 0 Å². The fraction of sp³-hybridized carbons (Fsp3) is 0.600. The van der Waals surface area contributed by atoms with E-state index in [4.69, 9.17) is 0 Å². The van der Waals surface area contributed by atoms with Crippen molar-refractivity contribution in [1.82, 2.24) is 10.4 Å². The molecule has 3 nitrogen and oxygen atoms in total. The molecular formula is C15H24N2O. The molecule has 18 heavy (non-hydrogen) atoms. The Labute approximate surface area is 110 Å². The minimum atomic E-state index is -0.655. The zero-order chi connectivity index (χ0) is 13.2. The Hall–Kier alpha value is -0.900. The molecule has 1 aromatic carbocycles. The summed E-state index contributed by atoms with van der Waals surface area (Å²) in [6.45, 7) is 8.23. The van der Waals surface area contributed by atoms with Gasteiger partial charge in [0.15, 0.2) is 0 Å². The molecule has 0 amide bonds. The Balaban J connectivity index is 1.98. The van der Waals surface area contributed by atoms with Gasteiger partial charge in [0.2, 0.25) is 0 Å². The van der Waals surface area contributed by atoms with Crippen molar-refractivity contribution in [3.63, 3.8) is 0 Å². The number of nitrogens with zero attached hydrogens (tertiary/aromatic N) is 1. The Kier molecular flexibility index (Phi) is 3.76. The van der Waals surface area contributed by atoms with Gasteiger partial charge in [-0.2, -0.15) is 0 Å². The average molecular weight is 248 g/mol. The number of hydrogen-bond acceptors (Lipinski definition) is 3. The summed E-state index contributed by atoms with van der Waals surface area (Å²) in [6, 6.07) is 10.0. The minimum absolute atomic E-state index is 0.0855. The fourth-order valence-corrected chi connectivity index (χ4v) is 2.50. The van der Waals surface area contributed by atoms with E-state index < -0.39 is 5.60 Å². The third-order valence-corrected chi connectivity index (χ3v) is 3.40. The van der Waals surface area contributed by atoms with Crippen LogP contribution in [0.25, 0.3) is 0 Å². The van der Waals surface area contributed by atoms with Crippen LogP contribution in [0.5, 0.6) is 0 Å². The van der Waals surface area contributed by atoms with Crippen LogP contribution in [0.1, 0.15) is 39.2 Å². The van der Waals surface area contributed by atoms with E-state index in [9.17, 15) is 5.11 Å². The zero-order valence-electron chi connectivity index (χ0n) is 11.6. The molecule has 3 heteroatoms. The quantitative estimate of drug-likeness (QED) is 0.843. The monoisotopic (exact) mass is 248 g/mol. The van der Waals surface area contributed by atoms with E-state index in [1.807, 2.05) is 30.3 Å². The van der Waals surface area contributed by atoms with E-state index in [0.29, 0.717) is 0 Å². The second-order valence-corrected chi connectivity index (χ2v) is 6.25. The molecule has 0 atom stereocenters. The molecule has 100 valence electrons. The Morgan fingerprint density at radius 3 is 2.17 bits per heavy atom. The SMILES string of the molecule is CC(C)(C)NN1CCC(O)(c2ccccc2)CC1. The van der Waals surface area contributed by atoms with Crippen LogP contribution in [0, 0.1) is 0 Å². The lowest BCUT2D eigenvalue weighted by Gasteiger charge is -2.41. The molecule has 1 aliphatic heterocycles. The first kappa shape index (κ1) is 13.5. The predicted octanol–water partition coefficient (Wildman–Crippen LogP) is 2.27. The smallest absolute Gasteiger partial charge is 0.0922 e. The first-order valence-corrected chi connectivity index (χ1v) is 6.70.